The zero-order valence-corrected chi connectivity index (χ0v) is 19.1. The number of nitrogens with zero attached hydrogens (tertiary/aromatic N) is 1. The van der Waals surface area contributed by atoms with Gasteiger partial charge < -0.3 is 10.1 Å². The predicted octanol–water partition coefficient (Wildman–Crippen LogP) is 4.47. The lowest BCUT2D eigenvalue weighted by Crippen LogP contribution is -2.42. The SMILES string of the molecule is O=C(NCc1ccc(Oc2ccc(F)cc2)cc1)C1CCN(S(=O)(=O)c2ccc(F)cc2)CC1. The summed E-state index contributed by atoms with van der Waals surface area (Å²) >= 11 is 0. The van der Waals surface area contributed by atoms with Crippen molar-refractivity contribution in [3.8, 4) is 11.5 Å². The molecule has 0 bridgehead atoms. The number of rotatable bonds is 7. The van der Waals surface area contributed by atoms with Crippen molar-refractivity contribution in [3.05, 3.63) is 90.0 Å². The maximum absolute atomic E-state index is 13.1. The number of halogens is 2. The molecule has 1 N–H and O–H groups in total. The van der Waals surface area contributed by atoms with Crippen LogP contribution in [0.15, 0.2) is 77.7 Å². The second-order valence-corrected chi connectivity index (χ2v) is 9.99. The van der Waals surface area contributed by atoms with E-state index in [9.17, 15) is 22.0 Å². The Hall–Kier alpha value is -3.30. The summed E-state index contributed by atoms with van der Waals surface area (Å²) in [5.41, 5.74) is 0.885. The van der Waals surface area contributed by atoms with Crippen LogP contribution in [0.3, 0.4) is 0 Å². The van der Waals surface area contributed by atoms with Crippen LogP contribution in [0.5, 0.6) is 11.5 Å². The third-order valence-electron chi connectivity index (χ3n) is 5.72. The second kappa shape index (κ2) is 10.3. The van der Waals surface area contributed by atoms with E-state index in [0.29, 0.717) is 30.9 Å². The fourth-order valence-electron chi connectivity index (χ4n) is 3.76. The van der Waals surface area contributed by atoms with Gasteiger partial charge in [-0.1, -0.05) is 12.1 Å². The minimum Gasteiger partial charge on any atom is -0.457 e. The number of benzene rings is 3. The fraction of sp³-hybridized carbons (Fsp3) is 0.240. The molecule has 0 aromatic heterocycles. The molecule has 3 aromatic rings. The monoisotopic (exact) mass is 486 g/mol. The molecule has 3 aromatic carbocycles. The van der Waals surface area contributed by atoms with Crippen molar-refractivity contribution >= 4 is 15.9 Å². The summed E-state index contributed by atoms with van der Waals surface area (Å²) in [6.07, 6.45) is 0.827. The van der Waals surface area contributed by atoms with Crippen LogP contribution in [0.4, 0.5) is 8.78 Å². The molecule has 0 aliphatic carbocycles. The molecule has 1 aliphatic heterocycles. The number of amides is 1. The number of hydrogen-bond acceptors (Lipinski definition) is 4. The Bertz CT molecular complexity index is 1220. The Kier molecular flexibility index (Phi) is 7.23. The van der Waals surface area contributed by atoms with E-state index < -0.39 is 15.8 Å². The Balaban J connectivity index is 1.25. The van der Waals surface area contributed by atoms with Crippen molar-refractivity contribution in [2.75, 3.05) is 13.1 Å². The highest BCUT2D eigenvalue weighted by Crippen LogP contribution is 2.25. The first-order valence-corrected chi connectivity index (χ1v) is 12.3. The molecule has 178 valence electrons. The zero-order chi connectivity index (χ0) is 24.1. The normalized spacial score (nSPS) is 15.1. The van der Waals surface area contributed by atoms with E-state index in [0.717, 1.165) is 17.7 Å². The van der Waals surface area contributed by atoms with Crippen molar-refractivity contribution in [1.82, 2.24) is 9.62 Å². The first kappa shape index (κ1) is 23.8. The van der Waals surface area contributed by atoms with Crippen LogP contribution >= 0.6 is 0 Å². The summed E-state index contributed by atoms with van der Waals surface area (Å²) in [7, 11) is -3.71. The number of hydrogen-bond donors (Lipinski definition) is 1. The molecule has 0 spiro atoms. The molecule has 34 heavy (non-hydrogen) atoms. The number of carbonyl (C=O) groups is 1. The molecule has 6 nitrogen and oxygen atoms in total. The highest BCUT2D eigenvalue weighted by Gasteiger charge is 2.32. The summed E-state index contributed by atoms with van der Waals surface area (Å²) in [5, 5.41) is 2.90. The predicted molar refractivity (Wildman–Crippen MR) is 123 cm³/mol. The minimum atomic E-state index is -3.71. The molecular formula is C25H24F2N2O4S. The van der Waals surface area contributed by atoms with Gasteiger partial charge >= 0.3 is 0 Å². The van der Waals surface area contributed by atoms with Gasteiger partial charge in [0, 0.05) is 25.6 Å². The highest BCUT2D eigenvalue weighted by atomic mass is 32.2. The zero-order valence-electron chi connectivity index (χ0n) is 18.3. The van der Waals surface area contributed by atoms with Crippen molar-refractivity contribution in [3.63, 3.8) is 0 Å². The standard InChI is InChI=1S/C25H24F2N2O4S/c26-20-3-9-23(10-4-20)33-22-7-1-18(2-8-22)17-28-25(30)19-13-15-29(16-14-19)34(31,32)24-11-5-21(27)6-12-24/h1-12,19H,13-17H2,(H,28,30). The summed E-state index contributed by atoms with van der Waals surface area (Å²) in [5.74, 6) is -0.110. The van der Waals surface area contributed by atoms with Crippen molar-refractivity contribution < 1.29 is 26.7 Å². The molecule has 4 rings (SSSR count). The minimum absolute atomic E-state index is 0.0451. The summed E-state index contributed by atoms with van der Waals surface area (Å²) < 4.78 is 58.5. The largest absolute Gasteiger partial charge is 0.457 e. The third kappa shape index (κ3) is 5.78. The van der Waals surface area contributed by atoms with Gasteiger partial charge in [-0.05, 0) is 79.1 Å². The van der Waals surface area contributed by atoms with Crippen LogP contribution in [-0.4, -0.2) is 31.7 Å². The van der Waals surface area contributed by atoms with Crippen molar-refractivity contribution in [2.24, 2.45) is 5.92 Å². The molecule has 0 unspecified atom stereocenters. The lowest BCUT2D eigenvalue weighted by molar-refractivity contribution is -0.126. The van der Waals surface area contributed by atoms with Crippen molar-refractivity contribution in [2.45, 2.75) is 24.3 Å². The van der Waals surface area contributed by atoms with Gasteiger partial charge in [-0.3, -0.25) is 4.79 Å². The van der Waals surface area contributed by atoms with E-state index in [1.165, 1.54) is 28.6 Å². The lowest BCUT2D eigenvalue weighted by atomic mass is 9.97. The molecule has 1 saturated heterocycles. The number of piperidine rings is 1. The molecule has 1 fully saturated rings. The highest BCUT2D eigenvalue weighted by molar-refractivity contribution is 7.89. The van der Waals surface area contributed by atoms with Gasteiger partial charge in [-0.2, -0.15) is 4.31 Å². The van der Waals surface area contributed by atoms with Crippen LogP contribution in [0.25, 0.3) is 0 Å². The van der Waals surface area contributed by atoms with E-state index in [1.807, 2.05) is 12.1 Å². The van der Waals surface area contributed by atoms with Gasteiger partial charge in [0.05, 0.1) is 4.90 Å². The Labute approximate surface area is 197 Å². The molecule has 0 atom stereocenters. The van der Waals surface area contributed by atoms with E-state index >= 15 is 0 Å². The van der Waals surface area contributed by atoms with Crippen LogP contribution in [0, 0.1) is 17.6 Å². The first-order chi connectivity index (χ1) is 16.3. The Morgan fingerprint density at radius 1 is 0.853 bits per heavy atom. The van der Waals surface area contributed by atoms with Gasteiger partial charge in [0.25, 0.3) is 0 Å². The van der Waals surface area contributed by atoms with E-state index in [4.69, 9.17) is 4.74 Å². The molecule has 1 amide bonds. The molecule has 0 saturated carbocycles. The van der Waals surface area contributed by atoms with E-state index in [1.54, 1.807) is 24.3 Å². The molecule has 1 heterocycles. The van der Waals surface area contributed by atoms with Gasteiger partial charge in [-0.25, -0.2) is 17.2 Å². The quantitative estimate of drug-likeness (QED) is 0.535. The van der Waals surface area contributed by atoms with Crippen LogP contribution in [0.1, 0.15) is 18.4 Å². The fourth-order valence-corrected chi connectivity index (χ4v) is 5.23. The Morgan fingerprint density at radius 3 is 1.91 bits per heavy atom. The van der Waals surface area contributed by atoms with E-state index in [2.05, 4.69) is 5.32 Å². The topological polar surface area (TPSA) is 75.7 Å². The van der Waals surface area contributed by atoms with Crippen LogP contribution in [-0.2, 0) is 21.4 Å². The number of carbonyl (C=O) groups excluding carboxylic acids is 1. The molecular weight excluding hydrogens is 462 g/mol. The average Bonchev–Trinajstić information content (AvgIpc) is 2.85. The van der Waals surface area contributed by atoms with Gasteiger partial charge in [-0.15, -0.1) is 0 Å². The first-order valence-electron chi connectivity index (χ1n) is 10.9. The molecule has 9 heteroatoms. The van der Waals surface area contributed by atoms with Gasteiger partial charge in [0.2, 0.25) is 15.9 Å². The number of sulfonamides is 1. The van der Waals surface area contributed by atoms with Crippen LogP contribution in [0.2, 0.25) is 0 Å². The van der Waals surface area contributed by atoms with E-state index in [-0.39, 0.29) is 35.6 Å². The number of ether oxygens (including phenoxy) is 1. The number of nitrogens with one attached hydrogen (secondary N) is 1. The summed E-state index contributed by atoms with van der Waals surface area (Å²) in [6, 6.07) is 17.7. The lowest BCUT2D eigenvalue weighted by Gasteiger charge is -2.30. The average molecular weight is 487 g/mol. The second-order valence-electron chi connectivity index (χ2n) is 8.05. The summed E-state index contributed by atoms with van der Waals surface area (Å²) in [4.78, 5) is 12.6. The van der Waals surface area contributed by atoms with Gasteiger partial charge in [0.15, 0.2) is 0 Å². The smallest absolute Gasteiger partial charge is 0.243 e. The van der Waals surface area contributed by atoms with Gasteiger partial charge in [0.1, 0.15) is 23.1 Å². The molecule has 1 aliphatic rings. The van der Waals surface area contributed by atoms with Crippen molar-refractivity contribution in [1.29, 1.82) is 0 Å². The Morgan fingerprint density at radius 2 is 1.35 bits per heavy atom. The maximum Gasteiger partial charge on any atom is 0.243 e. The molecule has 0 radical (unpaired) electrons. The maximum atomic E-state index is 13.1. The third-order valence-corrected chi connectivity index (χ3v) is 7.63. The van der Waals surface area contributed by atoms with Crippen LogP contribution < -0.4 is 10.1 Å². The summed E-state index contributed by atoms with van der Waals surface area (Å²) in [6.45, 7) is 0.796.